The Hall–Kier alpha value is -3.15. The maximum atomic E-state index is 12.9. The fraction of sp³-hybridized carbons (Fsp3) is 0.355. The summed E-state index contributed by atoms with van der Waals surface area (Å²) in [6, 6.07) is 21.8. The molecule has 0 aromatic heterocycles. The minimum Gasteiger partial charge on any atom is -0.429 e. The third kappa shape index (κ3) is 7.99. The molecule has 1 saturated heterocycles. The van der Waals surface area contributed by atoms with Gasteiger partial charge in [0, 0.05) is 11.6 Å². The monoisotopic (exact) mass is 583 g/mol. The highest BCUT2D eigenvalue weighted by Crippen LogP contribution is 2.26. The summed E-state index contributed by atoms with van der Waals surface area (Å²) in [7, 11) is 0. The number of aryl methyl sites for hydroxylation is 1. The lowest BCUT2D eigenvalue weighted by Gasteiger charge is -2.38. The highest BCUT2D eigenvalue weighted by Gasteiger charge is 2.47. The minimum atomic E-state index is -1.72. The molecule has 0 aliphatic carbocycles. The van der Waals surface area contributed by atoms with Crippen molar-refractivity contribution >= 4 is 23.4 Å². The van der Waals surface area contributed by atoms with E-state index in [4.69, 9.17) is 21.1 Å². The Balaban J connectivity index is 1.32. The van der Waals surface area contributed by atoms with Crippen LogP contribution in [0.1, 0.15) is 40.9 Å². The van der Waals surface area contributed by atoms with E-state index < -0.39 is 48.6 Å². The van der Waals surface area contributed by atoms with E-state index in [1.54, 1.807) is 30.3 Å². The molecule has 41 heavy (non-hydrogen) atoms. The first-order valence-electron chi connectivity index (χ1n) is 13.4. The van der Waals surface area contributed by atoms with Crippen molar-refractivity contribution in [2.45, 2.75) is 56.6 Å². The number of nitrogens with one attached hydrogen (secondary N) is 1. The van der Waals surface area contributed by atoms with Crippen molar-refractivity contribution in [3.63, 3.8) is 0 Å². The number of ketones is 1. The number of halogens is 1. The third-order valence-corrected chi connectivity index (χ3v) is 7.18. The standard InChI is InChI=1S/C31H34ClNO8/c1-18(34)29-27(37)26(36)28(38)31(40-29)41-30(39)23-11-3-9-21(15-23)20-8-2-6-19(14-20)7-5-13-33-17-25(35)22-10-4-12-24(32)16-22/h2-4,6,8-12,14-16,25-29,31,33,35-38H,5,7,13,17H2,1H3/t25-,26-,27-,28+,29?,31-/m0/s1. The molecule has 0 amide bonds. The summed E-state index contributed by atoms with van der Waals surface area (Å²) in [5, 5.41) is 44.4. The van der Waals surface area contributed by atoms with E-state index in [9.17, 15) is 30.0 Å². The molecule has 10 heteroatoms. The van der Waals surface area contributed by atoms with Gasteiger partial charge in [-0.3, -0.25) is 4.79 Å². The summed E-state index contributed by atoms with van der Waals surface area (Å²) in [4.78, 5) is 24.6. The Morgan fingerprint density at radius 1 is 0.951 bits per heavy atom. The summed E-state index contributed by atoms with van der Waals surface area (Å²) in [6.45, 7) is 2.30. The van der Waals surface area contributed by atoms with Crippen LogP contribution in [0.25, 0.3) is 11.1 Å². The molecular formula is C31H34ClNO8. The number of rotatable bonds is 11. The van der Waals surface area contributed by atoms with Gasteiger partial charge in [0.1, 0.15) is 24.4 Å². The van der Waals surface area contributed by atoms with Crippen molar-refractivity contribution in [3.8, 4) is 11.1 Å². The Bertz CT molecular complexity index is 1350. The van der Waals surface area contributed by atoms with Crippen molar-refractivity contribution in [2.75, 3.05) is 13.1 Å². The van der Waals surface area contributed by atoms with Gasteiger partial charge in [-0.15, -0.1) is 0 Å². The first kappa shape index (κ1) is 30.8. The molecule has 1 heterocycles. The minimum absolute atomic E-state index is 0.186. The number of Topliss-reactive ketones (excluding diaryl/α,β-unsaturated/α-hetero) is 1. The van der Waals surface area contributed by atoms with E-state index in [-0.39, 0.29) is 5.56 Å². The van der Waals surface area contributed by atoms with Gasteiger partial charge < -0.3 is 35.2 Å². The third-order valence-electron chi connectivity index (χ3n) is 6.94. The molecule has 218 valence electrons. The van der Waals surface area contributed by atoms with Crippen LogP contribution in [-0.2, 0) is 20.7 Å². The Labute approximate surface area is 243 Å². The molecule has 9 nitrogen and oxygen atoms in total. The maximum absolute atomic E-state index is 12.9. The SMILES string of the molecule is CC(=O)C1O[C@@H](OC(=O)c2cccc(-c3cccc(CCCNC[C@H](O)c4cccc(Cl)c4)c3)c2)[C@H](O)[C@@H](O)[C@@H]1O. The Kier molecular flexibility index (Phi) is 10.6. The van der Waals surface area contributed by atoms with Crippen molar-refractivity contribution in [1.82, 2.24) is 5.32 Å². The lowest BCUT2D eigenvalue weighted by molar-refractivity contribution is -0.273. The van der Waals surface area contributed by atoms with Gasteiger partial charge in [0.25, 0.3) is 0 Å². The van der Waals surface area contributed by atoms with Crippen molar-refractivity contribution < 1.29 is 39.5 Å². The largest absolute Gasteiger partial charge is 0.429 e. The molecule has 0 saturated carbocycles. The topological polar surface area (TPSA) is 146 Å². The molecule has 5 N–H and O–H groups in total. The highest BCUT2D eigenvalue weighted by molar-refractivity contribution is 6.30. The van der Waals surface area contributed by atoms with Gasteiger partial charge in [-0.05, 0) is 72.8 Å². The smallest absolute Gasteiger partial charge is 0.340 e. The van der Waals surface area contributed by atoms with Gasteiger partial charge in [-0.25, -0.2) is 4.79 Å². The number of hydrogen-bond donors (Lipinski definition) is 5. The van der Waals surface area contributed by atoms with Gasteiger partial charge in [0.15, 0.2) is 5.78 Å². The van der Waals surface area contributed by atoms with Crippen LogP contribution in [0.5, 0.6) is 0 Å². The number of benzene rings is 3. The van der Waals surface area contributed by atoms with Crippen LogP contribution in [0.3, 0.4) is 0 Å². The molecule has 1 unspecified atom stereocenters. The van der Waals surface area contributed by atoms with Crippen LogP contribution in [0.15, 0.2) is 72.8 Å². The quantitative estimate of drug-likeness (QED) is 0.170. The molecule has 1 aliphatic rings. The lowest BCUT2D eigenvalue weighted by atomic mass is 9.97. The van der Waals surface area contributed by atoms with E-state index in [0.717, 1.165) is 35.1 Å². The molecule has 6 atom stereocenters. The molecule has 1 fully saturated rings. The zero-order valence-corrected chi connectivity index (χ0v) is 23.3. The molecule has 3 aromatic carbocycles. The van der Waals surface area contributed by atoms with E-state index in [1.165, 1.54) is 6.92 Å². The van der Waals surface area contributed by atoms with Crippen molar-refractivity contribution in [2.24, 2.45) is 0 Å². The van der Waals surface area contributed by atoms with E-state index in [1.807, 2.05) is 42.5 Å². The molecule has 0 bridgehead atoms. The number of ether oxygens (including phenoxy) is 2. The van der Waals surface area contributed by atoms with Crippen molar-refractivity contribution in [3.05, 3.63) is 94.5 Å². The normalized spacial score (nSPS) is 23.1. The number of carbonyl (C=O) groups is 2. The summed E-state index contributed by atoms with van der Waals surface area (Å²) in [5.74, 6) is -1.39. The van der Waals surface area contributed by atoms with Crippen LogP contribution in [0.2, 0.25) is 5.02 Å². The number of carbonyl (C=O) groups excluding carboxylic acids is 2. The fourth-order valence-electron chi connectivity index (χ4n) is 4.68. The van der Waals surface area contributed by atoms with Gasteiger partial charge in [-0.2, -0.15) is 0 Å². The molecule has 1 aliphatic heterocycles. The average molecular weight is 584 g/mol. The molecule has 0 spiro atoms. The second-order valence-corrected chi connectivity index (χ2v) is 10.5. The predicted octanol–water partition coefficient (Wildman–Crippen LogP) is 2.82. The summed E-state index contributed by atoms with van der Waals surface area (Å²) in [6.07, 6.45) is -7.11. The maximum Gasteiger partial charge on any atom is 0.340 e. The predicted molar refractivity (Wildman–Crippen MR) is 152 cm³/mol. The molecule has 0 radical (unpaired) electrons. The number of hydrogen-bond acceptors (Lipinski definition) is 9. The molecular weight excluding hydrogens is 550 g/mol. The number of aliphatic hydroxyl groups is 4. The first-order valence-corrected chi connectivity index (χ1v) is 13.8. The summed E-state index contributed by atoms with van der Waals surface area (Å²) >= 11 is 6.00. The second kappa shape index (κ2) is 14.2. The summed E-state index contributed by atoms with van der Waals surface area (Å²) < 4.78 is 10.5. The van der Waals surface area contributed by atoms with Crippen LogP contribution < -0.4 is 5.32 Å². The zero-order valence-electron chi connectivity index (χ0n) is 22.5. The molecule has 4 rings (SSSR count). The van der Waals surface area contributed by atoms with Crippen LogP contribution >= 0.6 is 11.6 Å². The zero-order chi connectivity index (χ0) is 29.5. The second-order valence-electron chi connectivity index (χ2n) is 10.1. The van der Waals surface area contributed by atoms with Gasteiger partial charge in [0.05, 0.1) is 11.7 Å². The van der Waals surface area contributed by atoms with Gasteiger partial charge in [-0.1, -0.05) is 60.1 Å². The highest BCUT2D eigenvalue weighted by atomic mass is 35.5. The lowest BCUT2D eigenvalue weighted by Crippen LogP contribution is -2.60. The Morgan fingerprint density at radius 3 is 2.39 bits per heavy atom. The number of aliphatic hydroxyl groups excluding tert-OH is 4. The van der Waals surface area contributed by atoms with Gasteiger partial charge in [0.2, 0.25) is 6.29 Å². The first-order chi connectivity index (χ1) is 19.6. The number of esters is 1. The fourth-order valence-corrected chi connectivity index (χ4v) is 4.87. The average Bonchev–Trinajstić information content (AvgIpc) is 2.97. The molecule has 3 aromatic rings. The van der Waals surface area contributed by atoms with Crippen LogP contribution in [0.4, 0.5) is 0 Å². The summed E-state index contributed by atoms with van der Waals surface area (Å²) in [5.41, 5.74) is 3.72. The van der Waals surface area contributed by atoms with E-state index in [0.29, 0.717) is 18.1 Å². The Morgan fingerprint density at radius 2 is 1.66 bits per heavy atom. The van der Waals surface area contributed by atoms with Crippen LogP contribution in [-0.4, -0.2) is 76.0 Å². The van der Waals surface area contributed by atoms with Gasteiger partial charge >= 0.3 is 5.97 Å². The van der Waals surface area contributed by atoms with Crippen LogP contribution in [0, 0.1) is 0 Å². The van der Waals surface area contributed by atoms with E-state index >= 15 is 0 Å². The van der Waals surface area contributed by atoms with Crippen molar-refractivity contribution in [1.29, 1.82) is 0 Å². The van der Waals surface area contributed by atoms with E-state index in [2.05, 4.69) is 5.32 Å².